The van der Waals surface area contributed by atoms with Gasteiger partial charge in [0, 0.05) is 11.6 Å². The molecule has 1 fully saturated rings. The highest BCUT2D eigenvalue weighted by Crippen LogP contribution is 2.33. The van der Waals surface area contributed by atoms with E-state index in [1.165, 1.54) is 31.0 Å². The molecule has 154 valence electrons. The van der Waals surface area contributed by atoms with Crippen molar-refractivity contribution in [2.45, 2.75) is 43.2 Å². The molecule has 0 bridgehead atoms. The van der Waals surface area contributed by atoms with Gasteiger partial charge >= 0.3 is 0 Å². The molecule has 0 spiro atoms. The van der Waals surface area contributed by atoms with Gasteiger partial charge in [0.1, 0.15) is 0 Å². The zero-order chi connectivity index (χ0) is 20.6. The largest absolute Gasteiger partial charge is 0.416 e. The number of anilines is 1. The molecular weight excluding hydrogens is 398 g/mol. The van der Waals surface area contributed by atoms with Crippen LogP contribution in [-0.4, -0.2) is 21.9 Å². The molecule has 1 amide bonds. The summed E-state index contributed by atoms with van der Waals surface area (Å²) in [7, 11) is 0. The number of carbonyl (C=O) groups is 1. The highest BCUT2D eigenvalue weighted by molar-refractivity contribution is 7.99. The second-order valence-electron chi connectivity index (χ2n) is 7.16. The first-order valence-corrected chi connectivity index (χ1v) is 11.1. The fraction of sp³-hybridized carbons (Fsp3) is 0.318. The maximum atomic E-state index is 12.2. The molecule has 1 saturated carbocycles. The summed E-state index contributed by atoms with van der Waals surface area (Å²) in [6.07, 6.45) is 5.92. The van der Waals surface area contributed by atoms with Crippen LogP contribution in [0.5, 0.6) is 0 Å². The first kappa shape index (κ1) is 20.3. The van der Waals surface area contributed by atoms with E-state index in [1.807, 2.05) is 42.5 Å². The predicted octanol–water partition coefficient (Wildman–Crippen LogP) is 6.26. The minimum atomic E-state index is -0.129. The standard InChI is InChI=1S/C22H23N5O2S/c28-20(15-30-22-27-26-21(29-22)16-7-3-1-4-8-16)23-17-11-13-19(14-12-17)25-24-18-9-5-2-6-10-18/h2,5-6,9-14,16H,1,3-4,7-8,15H2,(H,23,28). The molecular formula is C22H23N5O2S. The molecule has 0 unspecified atom stereocenters. The minimum absolute atomic E-state index is 0.129. The Balaban J connectivity index is 1.25. The van der Waals surface area contributed by atoms with Crippen LogP contribution in [0.2, 0.25) is 0 Å². The van der Waals surface area contributed by atoms with Crippen molar-refractivity contribution in [3.05, 3.63) is 60.5 Å². The maximum Gasteiger partial charge on any atom is 0.277 e. The minimum Gasteiger partial charge on any atom is -0.416 e. The Morgan fingerprint density at radius 1 is 0.967 bits per heavy atom. The van der Waals surface area contributed by atoms with Crippen molar-refractivity contribution >= 4 is 34.7 Å². The van der Waals surface area contributed by atoms with Gasteiger partial charge in [-0.25, -0.2) is 0 Å². The smallest absolute Gasteiger partial charge is 0.277 e. The molecule has 8 heteroatoms. The molecule has 0 atom stereocenters. The van der Waals surface area contributed by atoms with Crippen LogP contribution in [-0.2, 0) is 4.79 Å². The zero-order valence-electron chi connectivity index (χ0n) is 16.5. The van der Waals surface area contributed by atoms with E-state index >= 15 is 0 Å². The van der Waals surface area contributed by atoms with Crippen LogP contribution >= 0.6 is 11.8 Å². The number of thioether (sulfide) groups is 1. The Labute approximate surface area is 179 Å². The number of hydrogen-bond donors (Lipinski definition) is 1. The molecule has 0 aliphatic heterocycles. The number of benzene rings is 2. The fourth-order valence-corrected chi connectivity index (χ4v) is 3.91. The van der Waals surface area contributed by atoms with Crippen LogP contribution in [0.1, 0.15) is 43.9 Å². The van der Waals surface area contributed by atoms with Crippen molar-refractivity contribution in [1.82, 2.24) is 10.2 Å². The van der Waals surface area contributed by atoms with E-state index < -0.39 is 0 Å². The Kier molecular flexibility index (Phi) is 6.87. The van der Waals surface area contributed by atoms with Gasteiger partial charge in [0.25, 0.3) is 5.22 Å². The Morgan fingerprint density at radius 3 is 2.40 bits per heavy atom. The number of hydrogen-bond acceptors (Lipinski definition) is 7. The molecule has 1 aliphatic carbocycles. The normalized spacial score (nSPS) is 14.8. The monoisotopic (exact) mass is 421 g/mol. The summed E-state index contributed by atoms with van der Waals surface area (Å²) in [6, 6.07) is 16.8. The van der Waals surface area contributed by atoms with E-state index in [9.17, 15) is 4.79 Å². The van der Waals surface area contributed by atoms with Crippen LogP contribution in [0.15, 0.2) is 74.5 Å². The molecule has 1 N–H and O–H groups in total. The van der Waals surface area contributed by atoms with Gasteiger partial charge < -0.3 is 9.73 Å². The van der Waals surface area contributed by atoms with E-state index in [4.69, 9.17) is 4.42 Å². The number of nitrogens with zero attached hydrogens (tertiary/aromatic N) is 4. The van der Waals surface area contributed by atoms with Gasteiger partial charge in [0.05, 0.1) is 17.1 Å². The predicted molar refractivity (Wildman–Crippen MR) is 117 cm³/mol. The summed E-state index contributed by atoms with van der Waals surface area (Å²) >= 11 is 1.26. The highest BCUT2D eigenvalue weighted by atomic mass is 32.2. The van der Waals surface area contributed by atoms with Crippen LogP contribution < -0.4 is 5.32 Å². The molecule has 4 rings (SSSR count). The van der Waals surface area contributed by atoms with E-state index in [-0.39, 0.29) is 11.7 Å². The summed E-state index contributed by atoms with van der Waals surface area (Å²) in [5, 5.41) is 19.9. The third-order valence-electron chi connectivity index (χ3n) is 4.89. The van der Waals surface area contributed by atoms with E-state index in [1.54, 1.807) is 12.1 Å². The number of carbonyl (C=O) groups excluding carboxylic acids is 1. The quantitative estimate of drug-likeness (QED) is 0.359. The number of nitrogens with one attached hydrogen (secondary N) is 1. The van der Waals surface area contributed by atoms with Gasteiger partial charge in [0.2, 0.25) is 11.8 Å². The summed E-state index contributed by atoms with van der Waals surface area (Å²) in [6.45, 7) is 0. The fourth-order valence-electron chi connectivity index (χ4n) is 3.34. The van der Waals surface area contributed by atoms with E-state index in [2.05, 4.69) is 25.7 Å². The molecule has 2 aromatic carbocycles. The summed E-state index contributed by atoms with van der Waals surface area (Å²) < 4.78 is 5.74. The van der Waals surface area contributed by atoms with Gasteiger partial charge in [-0.05, 0) is 49.2 Å². The Hall–Kier alpha value is -3.00. The van der Waals surface area contributed by atoms with Crippen molar-refractivity contribution < 1.29 is 9.21 Å². The number of aromatic nitrogens is 2. The second-order valence-corrected chi connectivity index (χ2v) is 8.09. The first-order valence-electron chi connectivity index (χ1n) is 10.1. The number of rotatable bonds is 7. The molecule has 7 nitrogen and oxygen atoms in total. The maximum absolute atomic E-state index is 12.2. The van der Waals surface area contributed by atoms with Crippen LogP contribution in [0, 0.1) is 0 Å². The lowest BCUT2D eigenvalue weighted by Crippen LogP contribution is -2.13. The van der Waals surface area contributed by atoms with Crippen molar-refractivity contribution in [2.24, 2.45) is 10.2 Å². The van der Waals surface area contributed by atoms with Crippen LogP contribution in [0.3, 0.4) is 0 Å². The Morgan fingerprint density at radius 2 is 1.67 bits per heavy atom. The average molecular weight is 422 g/mol. The lowest BCUT2D eigenvalue weighted by Gasteiger charge is -2.17. The van der Waals surface area contributed by atoms with Crippen LogP contribution in [0.25, 0.3) is 0 Å². The lowest BCUT2D eigenvalue weighted by atomic mass is 9.89. The molecule has 0 radical (unpaired) electrons. The number of azo groups is 1. The van der Waals surface area contributed by atoms with Crippen molar-refractivity contribution in [3.63, 3.8) is 0 Å². The zero-order valence-corrected chi connectivity index (χ0v) is 17.3. The summed E-state index contributed by atoms with van der Waals surface area (Å²) in [4.78, 5) is 12.2. The lowest BCUT2D eigenvalue weighted by molar-refractivity contribution is -0.113. The SMILES string of the molecule is O=C(CSc1nnc(C2CCCCC2)o1)Nc1ccc(N=Nc2ccccc2)cc1. The third kappa shape index (κ3) is 5.76. The van der Waals surface area contributed by atoms with Crippen molar-refractivity contribution in [3.8, 4) is 0 Å². The molecule has 3 aromatic rings. The molecule has 30 heavy (non-hydrogen) atoms. The van der Waals surface area contributed by atoms with Crippen molar-refractivity contribution in [1.29, 1.82) is 0 Å². The molecule has 0 saturated heterocycles. The van der Waals surface area contributed by atoms with Gasteiger partial charge in [-0.1, -0.05) is 49.2 Å². The topological polar surface area (TPSA) is 92.7 Å². The highest BCUT2D eigenvalue weighted by Gasteiger charge is 2.21. The van der Waals surface area contributed by atoms with Gasteiger partial charge in [0.15, 0.2) is 0 Å². The second kappa shape index (κ2) is 10.2. The van der Waals surface area contributed by atoms with Crippen LogP contribution in [0.4, 0.5) is 17.1 Å². The third-order valence-corrected chi connectivity index (χ3v) is 5.71. The molecule has 1 heterocycles. The van der Waals surface area contributed by atoms with Crippen molar-refractivity contribution in [2.75, 3.05) is 11.1 Å². The first-order chi connectivity index (χ1) is 14.8. The van der Waals surface area contributed by atoms with Gasteiger partial charge in [-0.3, -0.25) is 4.79 Å². The molecule has 1 aliphatic rings. The van der Waals surface area contributed by atoms with E-state index in [0.29, 0.717) is 28.4 Å². The summed E-state index contributed by atoms with van der Waals surface area (Å²) in [5.41, 5.74) is 2.21. The van der Waals surface area contributed by atoms with E-state index in [0.717, 1.165) is 18.5 Å². The summed E-state index contributed by atoms with van der Waals surface area (Å²) in [5.74, 6) is 1.16. The average Bonchev–Trinajstić information content (AvgIpc) is 3.28. The molecule has 1 aromatic heterocycles. The Bertz CT molecular complexity index is 982. The van der Waals surface area contributed by atoms with Gasteiger partial charge in [-0.15, -0.1) is 10.2 Å². The van der Waals surface area contributed by atoms with Gasteiger partial charge in [-0.2, -0.15) is 10.2 Å². The number of amides is 1.